The van der Waals surface area contributed by atoms with Crippen LogP contribution in [0.25, 0.3) is 10.8 Å². The molecule has 0 spiro atoms. The first-order chi connectivity index (χ1) is 10.6. The van der Waals surface area contributed by atoms with Crippen LogP contribution < -0.4 is 4.72 Å². The van der Waals surface area contributed by atoms with Crippen molar-refractivity contribution in [2.24, 2.45) is 0 Å². The predicted octanol–water partition coefficient (Wildman–Crippen LogP) is 3.51. The zero-order chi connectivity index (χ0) is 15.6. The quantitative estimate of drug-likeness (QED) is 0.805. The fraction of sp³-hybridized carbons (Fsp3) is 0. The largest absolute Gasteiger partial charge is 0.280 e. The third-order valence-corrected chi connectivity index (χ3v) is 4.68. The molecule has 4 nitrogen and oxygen atoms in total. The van der Waals surface area contributed by atoms with Gasteiger partial charge in [-0.3, -0.25) is 4.72 Å². The third kappa shape index (κ3) is 2.78. The summed E-state index contributed by atoms with van der Waals surface area (Å²) in [6.07, 6.45) is 0. The minimum Gasteiger partial charge on any atom is -0.280 e. The number of fused-ring (bicyclic) bond motifs is 1. The Morgan fingerprint density at radius 1 is 0.864 bits per heavy atom. The first-order valence-electron chi connectivity index (χ1n) is 6.60. The van der Waals surface area contributed by atoms with Gasteiger partial charge in [-0.05, 0) is 47.2 Å². The Morgan fingerprint density at radius 2 is 1.55 bits per heavy atom. The van der Waals surface area contributed by atoms with Crippen LogP contribution >= 0.6 is 0 Å². The molecule has 0 aliphatic rings. The molecule has 3 aromatic rings. The second-order valence-electron chi connectivity index (χ2n) is 4.80. The first kappa shape index (κ1) is 14.1. The van der Waals surface area contributed by atoms with Crippen LogP contribution in [0.4, 0.5) is 5.69 Å². The zero-order valence-corrected chi connectivity index (χ0v) is 12.3. The molecule has 0 saturated carbocycles. The van der Waals surface area contributed by atoms with Crippen molar-refractivity contribution in [3.63, 3.8) is 0 Å². The number of hydrogen-bond acceptors (Lipinski definition) is 3. The highest BCUT2D eigenvalue weighted by atomic mass is 32.2. The number of rotatable bonds is 3. The standard InChI is InChI=1S/C17H12N2O2S/c18-12-13-5-8-16(9-6-13)19-22(20,21)17-10-7-14-3-1-2-4-15(14)11-17/h1-11,19H. The van der Waals surface area contributed by atoms with Crippen molar-refractivity contribution >= 4 is 26.5 Å². The van der Waals surface area contributed by atoms with E-state index in [0.29, 0.717) is 11.3 Å². The average Bonchev–Trinajstić information content (AvgIpc) is 2.55. The van der Waals surface area contributed by atoms with Gasteiger partial charge in [0.15, 0.2) is 0 Å². The van der Waals surface area contributed by atoms with Crippen molar-refractivity contribution in [1.82, 2.24) is 0 Å². The molecular weight excluding hydrogens is 296 g/mol. The Bertz CT molecular complexity index is 971. The van der Waals surface area contributed by atoms with E-state index in [-0.39, 0.29) is 4.90 Å². The molecule has 0 atom stereocenters. The highest BCUT2D eigenvalue weighted by Gasteiger charge is 2.14. The molecule has 1 N–H and O–H groups in total. The fourth-order valence-electron chi connectivity index (χ4n) is 2.16. The van der Waals surface area contributed by atoms with Crippen LogP contribution in [0.5, 0.6) is 0 Å². The Morgan fingerprint density at radius 3 is 2.23 bits per heavy atom. The Kier molecular flexibility index (Phi) is 3.53. The fourth-order valence-corrected chi connectivity index (χ4v) is 3.25. The predicted molar refractivity (Wildman–Crippen MR) is 85.9 cm³/mol. The van der Waals surface area contributed by atoms with E-state index in [1.807, 2.05) is 30.3 Å². The van der Waals surface area contributed by atoms with Gasteiger partial charge in [-0.25, -0.2) is 8.42 Å². The number of hydrogen-bond donors (Lipinski definition) is 1. The molecule has 3 aromatic carbocycles. The summed E-state index contributed by atoms with van der Waals surface area (Å²) in [5.41, 5.74) is 0.904. The van der Waals surface area contributed by atoms with E-state index in [0.717, 1.165) is 10.8 Å². The highest BCUT2D eigenvalue weighted by Crippen LogP contribution is 2.21. The maximum Gasteiger partial charge on any atom is 0.261 e. The van der Waals surface area contributed by atoms with Crippen LogP contribution in [0.2, 0.25) is 0 Å². The van der Waals surface area contributed by atoms with Crippen molar-refractivity contribution in [3.8, 4) is 6.07 Å². The second-order valence-corrected chi connectivity index (χ2v) is 6.49. The Hall–Kier alpha value is -2.84. The Labute approximate surface area is 128 Å². The molecule has 108 valence electrons. The topological polar surface area (TPSA) is 70.0 Å². The first-order valence-corrected chi connectivity index (χ1v) is 8.09. The van der Waals surface area contributed by atoms with Gasteiger partial charge in [-0.1, -0.05) is 30.3 Å². The molecule has 5 heteroatoms. The van der Waals surface area contributed by atoms with Crippen molar-refractivity contribution in [2.75, 3.05) is 4.72 Å². The average molecular weight is 308 g/mol. The molecule has 0 saturated heterocycles. The van der Waals surface area contributed by atoms with Gasteiger partial charge in [0.05, 0.1) is 16.5 Å². The van der Waals surface area contributed by atoms with E-state index in [4.69, 9.17) is 5.26 Å². The van der Waals surface area contributed by atoms with Gasteiger partial charge in [0.25, 0.3) is 10.0 Å². The van der Waals surface area contributed by atoms with Crippen LogP contribution in [0.1, 0.15) is 5.56 Å². The lowest BCUT2D eigenvalue weighted by Crippen LogP contribution is -2.12. The molecule has 0 fully saturated rings. The van der Waals surface area contributed by atoms with Crippen LogP contribution in [0, 0.1) is 11.3 Å². The lowest BCUT2D eigenvalue weighted by atomic mass is 10.1. The molecule has 0 bridgehead atoms. The lowest BCUT2D eigenvalue weighted by Gasteiger charge is -2.09. The van der Waals surface area contributed by atoms with E-state index in [2.05, 4.69) is 4.72 Å². The van der Waals surface area contributed by atoms with E-state index >= 15 is 0 Å². The smallest absolute Gasteiger partial charge is 0.261 e. The minimum absolute atomic E-state index is 0.204. The summed E-state index contributed by atoms with van der Waals surface area (Å²) >= 11 is 0. The van der Waals surface area contributed by atoms with E-state index in [9.17, 15) is 8.42 Å². The summed E-state index contributed by atoms with van der Waals surface area (Å²) in [5.74, 6) is 0. The van der Waals surface area contributed by atoms with Crippen molar-refractivity contribution < 1.29 is 8.42 Å². The molecule has 0 unspecified atom stereocenters. The van der Waals surface area contributed by atoms with E-state index < -0.39 is 10.0 Å². The molecule has 0 aliphatic heterocycles. The molecule has 0 amide bonds. The molecular formula is C17H12N2O2S. The van der Waals surface area contributed by atoms with Crippen molar-refractivity contribution in [1.29, 1.82) is 5.26 Å². The maximum absolute atomic E-state index is 12.4. The maximum atomic E-state index is 12.4. The second kappa shape index (κ2) is 5.51. The van der Waals surface area contributed by atoms with Gasteiger partial charge in [0.2, 0.25) is 0 Å². The van der Waals surface area contributed by atoms with Gasteiger partial charge in [0, 0.05) is 5.69 Å². The molecule has 0 aliphatic carbocycles. The lowest BCUT2D eigenvalue weighted by molar-refractivity contribution is 0.601. The molecule has 0 heterocycles. The summed E-state index contributed by atoms with van der Waals surface area (Å²) in [5, 5.41) is 10.6. The number of nitrogens with zero attached hydrogens (tertiary/aromatic N) is 1. The van der Waals surface area contributed by atoms with Crippen LogP contribution in [-0.2, 0) is 10.0 Å². The van der Waals surface area contributed by atoms with E-state index in [1.165, 1.54) is 0 Å². The van der Waals surface area contributed by atoms with Gasteiger partial charge in [-0.15, -0.1) is 0 Å². The number of nitrogens with one attached hydrogen (secondary N) is 1. The van der Waals surface area contributed by atoms with Gasteiger partial charge < -0.3 is 0 Å². The molecule has 0 radical (unpaired) electrons. The monoisotopic (exact) mass is 308 g/mol. The zero-order valence-electron chi connectivity index (χ0n) is 11.5. The Balaban J connectivity index is 1.95. The number of benzene rings is 3. The summed E-state index contributed by atoms with van der Waals surface area (Å²) in [7, 11) is -3.66. The number of sulfonamides is 1. The summed E-state index contributed by atoms with van der Waals surface area (Å²) in [6, 6.07) is 20.8. The van der Waals surface area contributed by atoms with Gasteiger partial charge in [-0.2, -0.15) is 5.26 Å². The van der Waals surface area contributed by atoms with Gasteiger partial charge in [0.1, 0.15) is 0 Å². The summed E-state index contributed by atoms with van der Waals surface area (Å²) in [6.45, 7) is 0. The van der Waals surface area contributed by atoms with Crippen LogP contribution in [-0.4, -0.2) is 8.42 Å². The van der Waals surface area contributed by atoms with Gasteiger partial charge >= 0.3 is 0 Å². The highest BCUT2D eigenvalue weighted by molar-refractivity contribution is 7.92. The van der Waals surface area contributed by atoms with Crippen molar-refractivity contribution in [2.45, 2.75) is 4.90 Å². The normalized spacial score (nSPS) is 11.0. The third-order valence-electron chi connectivity index (χ3n) is 3.30. The molecule has 0 aromatic heterocycles. The van der Waals surface area contributed by atoms with Crippen molar-refractivity contribution in [3.05, 3.63) is 72.3 Å². The SMILES string of the molecule is N#Cc1ccc(NS(=O)(=O)c2ccc3ccccc3c2)cc1. The molecule has 3 rings (SSSR count). The van der Waals surface area contributed by atoms with Crippen LogP contribution in [0.15, 0.2) is 71.6 Å². The van der Waals surface area contributed by atoms with Crippen LogP contribution in [0.3, 0.4) is 0 Å². The number of anilines is 1. The summed E-state index contributed by atoms with van der Waals surface area (Å²) < 4.78 is 27.4. The summed E-state index contributed by atoms with van der Waals surface area (Å²) in [4.78, 5) is 0.204. The number of nitriles is 1. The van der Waals surface area contributed by atoms with E-state index in [1.54, 1.807) is 42.5 Å². The molecule has 22 heavy (non-hydrogen) atoms. The minimum atomic E-state index is -3.66.